The molecule has 0 spiro atoms. The van der Waals surface area contributed by atoms with Gasteiger partial charge in [-0.15, -0.1) is 0 Å². The molecular weight excluding hydrogens is 260 g/mol. The number of hydrogen-bond acceptors (Lipinski definition) is 5. The van der Waals surface area contributed by atoms with Crippen LogP contribution in [0.5, 0.6) is 11.5 Å². The largest absolute Gasteiger partial charge is 0.497 e. The molecule has 0 amide bonds. The zero-order chi connectivity index (χ0) is 14.5. The molecule has 1 aromatic rings. The summed E-state index contributed by atoms with van der Waals surface area (Å²) < 4.78 is 21.7. The average Bonchev–Trinajstić information content (AvgIpc) is 2.46. The summed E-state index contributed by atoms with van der Waals surface area (Å²) >= 11 is 0. The predicted molar refractivity (Wildman–Crippen MR) is 73.0 cm³/mol. The number of hydrogen-bond donors (Lipinski definition) is 0. The maximum Gasteiger partial charge on any atom is 0.302 e. The van der Waals surface area contributed by atoms with Crippen molar-refractivity contribution in [3.8, 4) is 11.5 Å². The van der Waals surface area contributed by atoms with Crippen LogP contribution in [0.15, 0.2) is 18.2 Å². The minimum absolute atomic E-state index is 0.109. The van der Waals surface area contributed by atoms with E-state index in [4.69, 9.17) is 18.9 Å². The minimum atomic E-state index is -0.256. The lowest BCUT2D eigenvalue weighted by molar-refractivity contribution is -0.153. The molecule has 0 unspecified atom stereocenters. The number of methoxy groups -OCH3 is 2. The Balaban J connectivity index is 2.18. The number of carbonyl (C=O) groups excluding carboxylic acids is 1. The third kappa shape index (κ3) is 3.42. The summed E-state index contributed by atoms with van der Waals surface area (Å²) in [4.78, 5) is 11.1. The average molecular weight is 280 g/mol. The lowest BCUT2D eigenvalue weighted by Crippen LogP contribution is -2.27. The first-order valence-electron chi connectivity index (χ1n) is 6.64. The van der Waals surface area contributed by atoms with Gasteiger partial charge in [-0.1, -0.05) is 0 Å². The van der Waals surface area contributed by atoms with E-state index in [9.17, 15) is 4.79 Å². The molecule has 1 aliphatic rings. The van der Waals surface area contributed by atoms with Gasteiger partial charge in [0.15, 0.2) is 0 Å². The van der Waals surface area contributed by atoms with E-state index >= 15 is 0 Å². The van der Waals surface area contributed by atoms with E-state index in [0.717, 1.165) is 23.5 Å². The molecule has 1 fully saturated rings. The Morgan fingerprint density at radius 3 is 2.75 bits per heavy atom. The van der Waals surface area contributed by atoms with E-state index in [-0.39, 0.29) is 18.2 Å². The fraction of sp³-hybridized carbons (Fsp3) is 0.533. The number of rotatable bonds is 4. The van der Waals surface area contributed by atoms with Gasteiger partial charge in [0.05, 0.1) is 26.9 Å². The monoisotopic (exact) mass is 280 g/mol. The van der Waals surface area contributed by atoms with Gasteiger partial charge in [-0.2, -0.15) is 0 Å². The van der Waals surface area contributed by atoms with Crippen molar-refractivity contribution in [2.24, 2.45) is 0 Å². The first-order chi connectivity index (χ1) is 9.63. The smallest absolute Gasteiger partial charge is 0.302 e. The van der Waals surface area contributed by atoms with Gasteiger partial charge in [0.1, 0.15) is 17.6 Å². The molecule has 0 saturated carbocycles. The SMILES string of the molecule is COc1ccc(OC)c([C@H]2C[C@@H](OC(C)=O)CCO2)c1. The number of esters is 1. The van der Waals surface area contributed by atoms with Gasteiger partial charge in [-0.3, -0.25) is 4.79 Å². The minimum Gasteiger partial charge on any atom is -0.497 e. The Bertz CT molecular complexity index is 471. The summed E-state index contributed by atoms with van der Waals surface area (Å²) in [6.07, 6.45) is 1.09. The molecule has 2 rings (SSSR count). The lowest BCUT2D eigenvalue weighted by Gasteiger charge is -2.30. The maximum atomic E-state index is 11.1. The highest BCUT2D eigenvalue weighted by Gasteiger charge is 2.28. The second-order valence-corrected chi connectivity index (χ2v) is 4.72. The van der Waals surface area contributed by atoms with Crippen LogP contribution in [0.2, 0.25) is 0 Å². The fourth-order valence-electron chi connectivity index (χ4n) is 2.42. The highest BCUT2D eigenvalue weighted by atomic mass is 16.6. The Morgan fingerprint density at radius 2 is 2.10 bits per heavy atom. The zero-order valence-electron chi connectivity index (χ0n) is 12.0. The van der Waals surface area contributed by atoms with Crippen molar-refractivity contribution in [2.45, 2.75) is 32.0 Å². The van der Waals surface area contributed by atoms with Crippen molar-refractivity contribution >= 4 is 5.97 Å². The van der Waals surface area contributed by atoms with E-state index in [0.29, 0.717) is 13.0 Å². The summed E-state index contributed by atoms with van der Waals surface area (Å²) in [6, 6.07) is 5.60. The number of benzene rings is 1. The van der Waals surface area contributed by atoms with E-state index in [1.54, 1.807) is 14.2 Å². The van der Waals surface area contributed by atoms with Crippen LogP contribution in [0.3, 0.4) is 0 Å². The van der Waals surface area contributed by atoms with Gasteiger partial charge in [-0.25, -0.2) is 0 Å². The molecule has 0 N–H and O–H groups in total. The summed E-state index contributed by atoms with van der Waals surface area (Å²) in [5.41, 5.74) is 0.920. The molecule has 2 atom stereocenters. The first kappa shape index (κ1) is 14.7. The molecule has 110 valence electrons. The van der Waals surface area contributed by atoms with E-state index in [1.807, 2.05) is 18.2 Å². The summed E-state index contributed by atoms with van der Waals surface area (Å²) in [7, 11) is 3.24. The molecule has 5 heteroatoms. The summed E-state index contributed by atoms with van der Waals surface area (Å²) in [5, 5.41) is 0. The standard InChI is InChI=1S/C15H20O5/c1-10(16)20-12-6-7-19-15(9-12)13-8-11(17-2)4-5-14(13)18-3/h4-5,8,12,15H,6-7,9H2,1-3H3/t12-,15+/m0/s1. The predicted octanol–water partition coefficient (Wildman–Crippen LogP) is 2.49. The van der Waals surface area contributed by atoms with Crippen LogP contribution in [0.25, 0.3) is 0 Å². The Morgan fingerprint density at radius 1 is 1.30 bits per heavy atom. The van der Waals surface area contributed by atoms with Crippen molar-refractivity contribution in [1.29, 1.82) is 0 Å². The van der Waals surface area contributed by atoms with Crippen LogP contribution in [0, 0.1) is 0 Å². The van der Waals surface area contributed by atoms with Crippen LogP contribution in [0.1, 0.15) is 31.4 Å². The third-order valence-corrected chi connectivity index (χ3v) is 3.35. The second kappa shape index (κ2) is 6.61. The van der Waals surface area contributed by atoms with E-state index in [2.05, 4.69) is 0 Å². The van der Waals surface area contributed by atoms with Crippen molar-refractivity contribution in [3.05, 3.63) is 23.8 Å². The van der Waals surface area contributed by atoms with Crippen LogP contribution in [-0.2, 0) is 14.3 Å². The van der Waals surface area contributed by atoms with Crippen LogP contribution >= 0.6 is 0 Å². The molecule has 1 heterocycles. The molecule has 0 aromatic heterocycles. The Hall–Kier alpha value is -1.75. The molecular formula is C15H20O5. The van der Waals surface area contributed by atoms with E-state index < -0.39 is 0 Å². The van der Waals surface area contributed by atoms with E-state index in [1.165, 1.54) is 6.92 Å². The van der Waals surface area contributed by atoms with Gasteiger partial charge in [0.2, 0.25) is 0 Å². The molecule has 0 radical (unpaired) electrons. The lowest BCUT2D eigenvalue weighted by atomic mass is 9.98. The quantitative estimate of drug-likeness (QED) is 0.793. The van der Waals surface area contributed by atoms with Crippen molar-refractivity contribution in [2.75, 3.05) is 20.8 Å². The summed E-state index contributed by atoms with van der Waals surface area (Å²) in [5.74, 6) is 1.24. The van der Waals surface area contributed by atoms with Crippen LogP contribution < -0.4 is 9.47 Å². The molecule has 1 saturated heterocycles. The molecule has 1 aromatic carbocycles. The molecule has 0 aliphatic carbocycles. The van der Waals surface area contributed by atoms with Gasteiger partial charge in [0, 0.05) is 25.3 Å². The maximum absolute atomic E-state index is 11.1. The molecule has 5 nitrogen and oxygen atoms in total. The van der Waals surface area contributed by atoms with Gasteiger partial charge in [0.25, 0.3) is 0 Å². The van der Waals surface area contributed by atoms with Crippen molar-refractivity contribution in [3.63, 3.8) is 0 Å². The fourth-order valence-corrected chi connectivity index (χ4v) is 2.42. The van der Waals surface area contributed by atoms with Crippen molar-refractivity contribution in [1.82, 2.24) is 0 Å². The van der Waals surface area contributed by atoms with Gasteiger partial charge in [-0.05, 0) is 18.2 Å². The first-order valence-corrected chi connectivity index (χ1v) is 6.64. The van der Waals surface area contributed by atoms with Crippen molar-refractivity contribution < 1.29 is 23.7 Å². The normalized spacial score (nSPS) is 22.1. The molecule has 20 heavy (non-hydrogen) atoms. The molecule has 0 bridgehead atoms. The van der Waals surface area contributed by atoms with Gasteiger partial charge >= 0.3 is 5.97 Å². The Kier molecular flexibility index (Phi) is 4.84. The number of carbonyl (C=O) groups is 1. The summed E-state index contributed by atoms with van der Waals surface area (Å²) in [6.45, 7) is 1.99. The van der Waals surface area contributed by atoms with Crippen LogP contribution in [-0.4, -0.2) is 32.9 Å². The topological polar surface area (TPSA) is 54.0 Å². The van der Waals surface area contributed by atoms with Gasteiger partial charge < -0.3 is 18.9 Å². The molecule has 1 aliphatic heterocycles. The van der Waals surface area contributed by atoms with Crippen LogP contribution in [0.4, 0.5) is 0 Å². The number of ether oxygens (including phenoxy) is 4. The highest BCUT2D eigenvalue weighted by molar-refractivity contribution is 5.66. The highest BCUT2D eigenvalue weighted by Crippen LogP contribution is 2.37. The zero-order valence-corrected chi connectivity index (χ0v) is 12.0. The second-order valence-electron chi connectivity index (χ2n) is 4.72. The third-order valence-electron chi connectivity index (χ3n) is 3.35. The Labute approximate surface area is 118 Å².